The first-order valence-corrected chi connectivity index (χ1v) is 6.94. The second kappa shape index (κ2) is 4.49. The molecule has 22 heavy (non-hydrogen) atoms. The van der Waals surface area contributed by atoms with Gasteiger partial charge < -0.3 is 0 Å². The average Bonchev–Trinajstić information content (AvgIpc) is 2.89. The van der Waals surface area contributed by atoms with Crippen molar-refractivity contribution < 1.29 is 0 Å². The first kappa shape index (κ1) is 12.7. The maximum absolute atomic E-state index is 12.7. The van der Waals surface area contributed by atoms with E-state index in [1.165, 1.54) is 4.68 Å². The zero-order valence-corrected chi connectivity index (χ0v) is 12.2. The first-order valence-electron chi connectivity index (χ1n) is 6.94. The topological polar surface area (TPSA) is 65.1 Å². The minimum Gasteiger partial charge on any atom is -0.278 e. The van der Waals surface area contributed by atoms with Gasteiger partial charge in [-0.3, -0.25) is 9.20 Å². The van der Waals surface area contributed by atoms with Crippen LogP contribution in [0.2, 0.25) is 0 Å². The zero-order chi connectivity index (χ0) is 15.3. The maximum atomic E-state index is 12.7. The summed E-state index contributed by atoms with van der Waals surface area (Å²) < 4.78 is 3.04. The summed E-state index contributed by atoms with van der Waals surface area (Å²) in [6, 6.07) is 9.24. The molecule has 0 aromatic carbocycles. The van der Waals surface area contributed by atoms with E-state index in [1.54, 1.807) is 29.1 Å². The van der Waals surface area contributed by atoms with Crippen LogP contribution < -0.4 is 5.56 Å². The van der Waals surface area contributed by atoms with E-state index < -0.39 is 0 Å². The molecule has 0 radical (unpaired) electrons. The maximum Gasteiger partial charge on any atom is 0.297 e. The van der Waals surface area contributed by atoms with Crippen LogP contribution >= 0.6 is 0 Å². The molecule has 0 saturated heterocycles. The van der Waals surface area contributed by atoms with Gasteiger partial charge in [-0.2, -0.15) is 9.78 Å². The molecule has 0 spiro atoms. The average molecular weight is 291 g/mol. The highest BCUT2D eigenvalue weighted by molar-refractivity contribution is 5.86. The van der Waals surface area contributed by atoms with Gasteiger partial charge in [0.1, 0.15) is 17.5 Å². The molecule has 0 fully saturated rings. The van der Waals surface area contributed by atoms with Crippen molar-refractivity contribution in [1.29, 1.82) is 0 Å². The summed E-state index contributed by atoms with van der Waals surface area (Å²) in [6.45, 7) is 3.95. The van der Waals surface area contributed by atoms with Crippen molar-refractivity contribution in [3.63, 3.8) is 0 Å². The highest BCUT2D eigenvalue weighted by Crippen LogP contribution is 2.20. The second-order valence-electron chi connectivity index (χ2n) is 5.25. The number of fused-ring (bicyclic) bond motifs is 3. The van der Waals surface area contributed by atoms with Crippen LogP contribution in [0.4, 0.5) is 0 Å². The predicted octanol–water partition coefficient (Wildman–Crippen LogP) is 2.05. The van der Waals surface area contributed by atoms with Gasteiger partial charge in [0, 0.05) is 17.3 Å². The molecule has 0 saturated carbocycles. The van der Waals surface area contributed by atoms with Crippen molar-refractivity contribution in [3.05, 3.63) is 64.5 Å². The van der Waals surface area contributed by atoms with Crippen molar-refractivity contribution in [1.82, 2.24) is 24.1 Å². The molecule has 0 bridgehead atoms. The Morgan fingerprint density at radius 3 is 2.77 bits per heavy atom. The Kier molecular flexibility index (Phi) is 2.59. The van der Waals surface area contributed by atoms with Crippen LogP contribution in [-0.2, 0) is 0 Å². The fourth-order valence-electron chi connectivity index (χ4n) is 2.70. The van der Waals surface area contributed by atoms with Crippen molar-refractivity contribution >= 4 is 16.6 Å². The fourth-order valence-corrected chi connectivity index (χ4v) is 2.70. The van der Waals surface area contributed by atoms with Crippen molar-refractivity contribution in [3.8, 4) is 5.82 Å². The zero-order valence-electron chi connectivity index (χ0n) is 12.2. The Morgan fingerprint density at radius 1 is 1.14 bits per heavy atom. The lowest BCUT2D eigenvalue weighted by Gasteiger charge is -2.04. The number of hydrogen-bond acceptors (Lipinski definition) is 4. The molecule has 108 valence electrons. The summed E-state index contributed by atoms with van der Waals surface area (Å²) in [4.78, 5) is 21.4. The van der Waals surface area contributed by atoms with Crippen molar-refractivity contribution in [2.45, 2.75) is 13.8 Å². The summed E-state index contributed by atoms with van der Waals surface area (Å²) in [6.07, 6.45) is 3.25. The smallest absolute Gasteiger partial charge is 0.278 e. The SMILES string of the molecule is Cc1cc(C)c2cc3c(=O)n(-c4ccccn4)ncn3c2n1. The van der Waals surface area contributed by atoms with E-state index in [9.17, 15) is 4.79 Å². The van der Waals surface area contributed by atoms with Crippen LogP contribution in [0.3, 0.4) is 0 Å². The van der Waals surface area contributed by atoms with Gasteiger partial charge in [-0.1, -0.05) is 6.07 Å². The molecule has 0 aliphatic heterocycles. The molecule has 6 heteroatoms. The molecule has 0 aliphatic rings. The molecule has 4 heterocycles. The predicted molar refractivity (Wildman–Crippen MR) is 83.4 cm³/mol. The highest BCUT2D eigenvalue weighted by Gasteiger charge is 2.13. The van der Waals surface area contributed by atoms with Crippen molar-refractivity contribution in [2.24, 2.45) is 0 Å². The van der Waals surface area contributed by atoms with Crippen LogP contribution in [0.25, 0.3) is 22.4 Å². The Bertz CT molecular complexity index is 1060. The lowest BCUT2D eigenvalue weighted by Crippen LogP contribution is -2.23. The van der Waals surface area contributed by atoms with Crippen molar-refractivity contribution in [2.75, 3.05) is 0 Å². The molecule has 4 aromatic heterocycles. The van der Waals surface area contributed by atoms with Gasteiger partial charge in [0.2, 0.25) is 0 Å². The summed E-state index contributed by atoms with van der Waals surface area (Å²) in [5.41, 5.74) is 3.09. The highest BCUT2D eigenvalue weighted by atomic mass is 16.1. The third kappa shape index (κ3) is 1.74. The lowest BCUT2D eigenvalue weighted by molar-refractivity contribution is 0.760. The van der Waals surface area contributed by atoms with Crippen LogP contribution in [0.15, 0.2) is 47.7 Å². The molecule has 0 N–H and O–H groups in total. The molecule has 0 amide bonds. The molecule has 4 aromatic rings. The summed E-state index contributed by atoms with van der Waals surface area (Å²) >= 11 is 0. The van der Waals surface area contributed by atoms with E-state index in [-0.39, 0.29) is 5.56 Å². The Balaban J connectivity index is 2.11. The monoisotopic (exact) mass is 291 g/mol. The number of rotatable bonds is 1. The normalized spacial score (nSPS) is 11.4. The molecular formula is C16H13N5O. The molecule has 0 atom stereocenters. The number of pyridine rings is 2. The summed E-state index contributed by atoms with van der Waals surface area (Å²) in [5, 5.41) is 5.18. The number of aromatic nitrogens is 5. The Morgan fingerprint density at radius 2 is 2.00 bits per heavy atom. The number of aryl methyl sites for hydroxylation is 2. The minimum atomic E-state index is -0.212. The number of nitrogens with zero attached hydrogens (tertiary/aromatic N) is 5. The van der Waals surface area contributed by atoms with Gasteiger partial charge in [-0.05, 0) is 43.7 Å². The summed E-state index contributed by atoms with van der Waals surface area (Å²) in [5.74, 6) is 0.501. The van der Waals surface area contributed by atoms with Crippen LogP contribution in [0, 0.1) is 13.8 Å². The standard InChI is InChI=1S/C16H13N5O/c1-10-7-11(2)19-15-12(10)8-13-16(22)21(18-9-20(13)15)14-5-3-4-6-17-14/h3-9H,1-2H3. The van der Waals surface area contributed by atoms with Gasteiger partial charge in [0.05, 0.1) is 0 Å². The molecule has 4 rings (SSSR count). The largest absolute Gasteiger partial charge is 0.297 e. The van der Waals surface area contributed by atoms with Gasteiger partial charge in [0.25, 0.3) is 5.56 Å². The van der Waals surface area contributed by atoms with E-state index >= 15 is 0 Å². The Labute approximate surface area is 125 Å². The quantitative estimate of drug-likeness (QED) is 0.538. The fraction of sp³-hybridized carbons (Fsp3) is 0.125. The number of hydrogen-bond donors (Lipinski definition) is 0. The van der Waals surface area contributed by atoms with Crippen LogP contribution in [0.5, 0.6) is 0 Å². The Hall–Kier alpha value is -3.02. The van der Waals surface area contributed by atoms with Crippen LogP contribution in [-0.4, -0.2) is 24.1 Å². The van der Waals surface area contributed by atoms with E-state index in [1.807, 2.05) is 32.0 Å². The van der Waals surface area contributed by atoms with Gasteiger partial charge >= 0.3 is 0 Å². The van der Waals surface area contributed by atoms with E-state index in [4.69, 9.17) is 0 Å². The third-order valence-corrected chi connectivity index (χ3v) is 3.70. The van der Waals surface area contributed by atoms with E-state index in [0.717, 1.165) is 22.3 Å². The van der Waals surface area contributed by atoms with Gasteiger partial charge in [0.15, 0.2) is 5.82 Å². The third-order valence-electron chi connectivity index (χ3n) is 3.70. The van der Waals surface area contributed by atoms with E-state index in [2.05, 4.69) is 15.1 Å². The molecular weight excluding hydrogens is 278 g/mol. The summed E-state index contributed by atoms with van der Waals surface area (Å²) in [7, 11) is 0. The van der Waals surface area contributed by atoms with Gasteiger partial charge in [-0.25, -0.2) is 9.97 Å². The van der Waals surface area contributed by atoms with Gasteiger partial charge in [-0.15, -0.1) is 0 Å². The molecule has 6 nitrogen and oxygen atoms in total. The minimum absolute atomic E-state index is 0.212. The van der Waals surface area contributed by atoms with E-state index in [0.29, 0.717) is 11.3 Å². The lowest BCUT2D eigenvalue weighted by atomic mass is 10.2. The second-order valence-corrected chi connectivity index (χ2v) is 5.25. The first-order chi connectivity index (χ1) is 10.6. The molecule has 0 unspecified atom stereocenters. The van der Waals surface area contributed by atoms with Crippen LogP contribution in [0.1, 0.15) is 11.3 Å². The molecule has 0 aliphatic carbocycles.